The summed E-state index contributed by atoms with van der Waals surface area (Å²) in [4.78, 5) is 16.0. The molecule has 0 fully saturated rings. The molecule has 2 aromatic rings. The quantitative estimate of drug-likeness (QED) is 0.780. The van der Waals surface area contributed by atoms with E-state index in [9.17, 15) is 4.79 Å². The summed E-state index contributed by atoms with van der Waals surface area (Å²) in [6, 6.07) is 11.6. The van der Waals surface area contributed by atoms with Crippen LogP contribution in [0.1, 0.15) is 6.42 Å². The molecule has 0 bridgehead atoms. The first-order valence-corrected chi connectivity index (χ1v) is 7.14. The summed E-state index contributed by atoms with van der Waals surface area (Å²) in [5.41, 5.74) is 0.924. The lowest BCUT2D eigenvalue weighted by Crippen LogP contribution is -2.37. The number of anilines is 1. The molecular weight excluding hydrogens is 264 g/mol. The van der Waals surface area contributed by atoms with Gasteiger partial charge in [0.15, 0.2) is 0 Å². The van der Waals surface area contributed by atoms with Crippen LogP contribution in [-0.2, 0) is 11.3 Å². The van der Waals surface area contributed by atoms with E-state index in [-0.39, 0.29) is 5.91 Å². The number of para-hydroxylation sites is 1. The van der Waals surface area contributed by atoms with Crippen molar-refractivity contribution in [2.75, 3.05) is 32.1 Å². The number of nitrogens with zero attached hydrogens (tertiary/aromatic N) is 4. The lowest BCUT2D eigenvalue weighted by Gasteiger charge is -2.22. The van der Waals surface area contributed by atoms with Crippen molar-refractivity contribution in [1.29, 1.82) is 0 Å². The Bertz CT molecular complexity index is 539. The van der Waals surface area contributed by atoms with Gasteiger partial charge in [-0.1, -0.05) is 18.2 Å². The molecule has 5 heteroatoms. The minimum Gasteiger partial charge on any atom is -0.314 e. The van der Waals surface area contributed by atoms with E-state index in [1.54, 1.807) is 11.1 Å². The lowest BCUT2D eigenvalue weighted by atomic mass is 10.3. The van der Waals surface area contributed by atoms with E-state index in [0.29, 0.717) is 6.54 Å². The molecular formula is C16H22N4O. The van der Waals surface area contributed by atoms with Crippen molar-refractivity contribution in [1.82, 2.24) is 14.7 Å². The van der Waals surface area contributed by atoms with E-state index in [0.717, 1.165) is 25.2 Å². The van der Waals surface area contributed by atoms with Crippen LogP contribution in [0.15, 0.2) is 48.8 Å². The van der Waals surface area contributed by atoms with Crippen LogP contribution in [0, 0.1) is 0 Å². The van der Waals surface area contributed by atoms with Crippen LogP contribution in [0.25, 0.3) is 0 Å². The van der Waals surface area contributed by atoms with E-state index in [2.05, 4.69) is 5.10 Å². The average Bonchev–Trinajstić information content (AvgIpc) is 3.00. The second kappa shape index (κ2) is 7.59. The van der Waals surface area contributed by atoms with Crippen LogP contribution in [0.2, 0.25) is 0 Å². The van der Waals surface area contributed by atoms with E-state index in [1.807, 2.05) is 66.3 Å². The van der Waals surface area contributed by atoms with Gasteiger partial charge in [0, 0.05) is 38.2 Å². The van der Waals surface area contributed by atoms with E-state index in [4.69, 9.17) is 0 Å². The van der Waals surface area contributed by atoms with Crippen molar-refractivity contribution in [3.05, 3.63) is 48.8 Å². The number of hydrogen-bond acceptors (Lipinski definition) is 3. The monoisotopic (exact) mass is 286 g/mol. The summed E-state index contributed by atoms with van der Waals surface area (Å²) in [6.45, 7) is 2.17. The maximum Gasteiger partial charge on any atom is 0.240 e. The molecule has 0 aliphatic rings. The molecule has 1 aromatic carbocycles. The minimum absolute atomic E-state index is 0.0998. The molecule has 1 heterocycles. The van der Waals surface area contributed by atoms with E-state index < -0.39 is 0 Å². The summed E-state index contributed by atoms with van der Waals surface area (Å²) in [7, 11) is 3.79. The molecule has 0 saturated carbocycles. The van der Waals surface area contributed by atoms with Gasteiger partial charge in [0.25, 0.3) is 0 Å². The van der Waals surface area contributed by atoms with Gasteiger partial charge in [-0.15, -0.1) is 0 Å². The number of amides is 1. The topological polar surface area (TPSA) is 41.4 Å². The van der Waals surface area contributed by atoms with Crippen molar-refractivity contribution in [2.45, 2.75) is 13.0 Å². The number of aryl methyl sites for hydroxylation is 1. The molecule has 5 nitrogen and oxygen atoms in total. The van der Waals surface area contributed by atoms with Crippen molar-refractivity contribution in [3.63, 3.8) is 0 Å². The largest absolute Gasteiger partial charge is 0.314 e. The molecule has 21 heavy (non-hydrogen) atoms. The van der Waals surface area contributed by atoms with Gasteiger partial charge in [0.1, 0.15) is 0 Å². The number of hydrogen-bond donors (Lipinski definition) is 0. The number of carbonyl (C=O) groups excluding carboxylic acids is 1. The molecule has 2 rings (SSSR count). The lowest BCUT2D eigenvalue weighted by molar-refractivity contribution is -0.119. The molecule has 0 spiro atoms. The SMILES string of the molecule is CN(CCCn1cccn1)CC(=O)N(C)c1ccccc1. The summed E-state index contributed by atoms with van der Waals surface area (Å²) in [6.07, 6.45) is 4.71. The zero-order valence-electron chi connectivity index (χ0n) is 12.6. The third kappa shape index (κ3) is 4.72. The fourth-order valence-electron chi connectivity index (χ4n) is 2.15. The normalized spacial score (nSPS) is 10.8. The first-order chi connectivity index (χ1) is 10.2. The highest BCUT2D eigenvalue weighted by Gasteiger charge is 2.12. The number of benzene rings is 1. The standard InChI is InChI=1S/C16H22N4O/c1-18(11-7-13-20-12-6-10-17-20)14-16(21)19(2)15-8-4-3-5-9-15/h3-6,8-10,12H,7,11,13-14H2,1-2H3. The second-order valence-corrected chi connectivity index (χ2v) is 5.15. The third-order valence-electron chi connectivity index (χ3n) is 3.41. The first-order valence-electron chi connectivity index (χ1n) is 7.14. The van der Waals surface area contributed by atoms with E-state index >= 15 is 0 Å². The maximum atomic E-state index is 12.2. The summed E-state index contributed by atoms with van der Waals surface area (Å²) >= 11 is 0. The Morgan fingerprint density at radius 1 is 1.19 bits per heavy atom. The van der Waals surface area contributed by atoms with Gasteiger partial charge in [-0.2, -0.15) is 5.10 Å². The van der Waals surface area contributed by atoms with Gasteiger partial charge in [-0.05, 0) is 31.7 Å². The van der Waals surface area contributed by atoms with Crippen LogP contribution >= 0.6 is 0 Å². The molecule has 0 atom stereocenters. The molecule has 0 saturated heterocycles. The van der Waals surface area contributed by atoms with Gasteiger partial charge in [0.05, 0.1) is 6.54 Å². The number of rotatable bonds is 7. The number of carbonyl (C=O) groups is 1. The Hall–Kier alpha value is -2.14. The molecule has 0 radical (unpaired) electrons. The summed E-state index contributed by atoms with van der Waals surface area (Å²) < 4.78 is 1.91. The highest BCUT2D eigenvalue weighted by molar-refractivity contribution is 5.94. The molecule has 1 amide bonds. The molecule has 112 valence electrons. The smallest absolute Gasteiger partial charge is 0.240 e. The fraction of sp³-hybridized carbons (Fsp3) is 0.375. The third-order valence-corrected chi connectivity index (χ3v) is 3.41. The van der Waals surface area contributed by atoms with Crippen molar-refractivity contribution < 1.29 is 4.79 Å². The highest BCUT2D eigenvalue weighted by atomic mass is 16.2. The Labute approximate surface area is 125 Å². The zero-order valence-corrected chi connectivity index (χ0v) is 12.6. The number of likely N-dealkylation sites (N-methyl/N-ethyl adjacent to an activating group) is 2. The molecule has 1 aromatic heterocycles. The van der Waals surface area contributed by atoms with Gasteiger partial charge < -0.3 is 4.90 Å². The molecule has 0 aliphatic heterocycles. The number of aromatic nitrogens is 2. The highest BCUT2D eigenvalue weighted by Crippen LogP contribution is 2.11. The van der Waals surface area contributed by atoms with Crippen molar-refractivity contribution >= 4 is 11.6 Å². The second-order valence-electron chi connectivity index (χ2n) is 5.15. The summed E-state index contributed by atoms with van der Waals surface area (Å²) in [5.74, 6) is 0.0998. The van der Waals surface area contributed by atoms with Crippen LogP contribution in [0.3, 0.4) is 0 Å². The predicted molar refractivity (Wildman–Crippen MR) is 84.2 cm³/mol. The summed E-state index contributed by atoms with van der Waals surface area (Å²) in [5, 5.41) is 4.16. The zero-order chi connectivity index (χ0) is 15.1. The van der Waals surface area contributed by atoms with Gasteiger partial charge >= 0.3 is 0 Å². The predicted octanol–water partition coefficient (Wildman–Crippen LogP) is 1.87. The van der Waals surface area contributed by atoms with Gasteiger partial charge in [0.2, 0.25) is 5.91 Å². The van der Waals surface area contributed by atoms with Crippen LogP contribution in [0.5, 0.6) is 0 Å². The van der Waals surface area contributed by atoms with E-state index in [1.165, 1.54) is 0 Å². The molecule has 0 unspecified atom stereocenters. The Morgan fingerprint density at radius 3 is 2.62 bits per heavy atom. The van der Waals surface area contributed by atoms with Crippen LogP contribution < -0.4 is 4.90 Å². The van der Waals surface area contributed by atoms with Crippen LogP contribution in [0.4, 0.5) is 5.69 Å². The van der Waals surface area contributed by atoms with Crippen LogP contribution in [-0.4, -0.2) is 47.8 Å². The Morgan fingerprint density at radius 2 is 1.95 bits per heavy atom. The Balaban J connectivity index is 1.74. The average molecular weight is 286 g/mol. The van der Waals surface area contributed by atoms with Crippen molar-refractivity contribution in [3.8, 4) is 0 Å². The minimum atomic E-state index is 0.0998. The molecule has 0 aliphatic carbocycles. The van der Waals surface area contributed by atoms with Crippen molar-refractivity contribution in [2.24, 2.45) is 0 Å². The Kier molecular flexibility index (Phi) is 5.51. The maximum absolute atomic E-state index is 12.2. The fourth-order valence-corrected chi connectivity index (χ4v) is 2.15. The van der Waals surface area contributed by atoms with Gasteiger partial charge in [-0.3, -0.25) is 14.4 Å². The molecule has 0 N–H and O–H groups in total. The van der Waals surface area contributed by atoms with Gasteiger partial charge in [-0.25, -0.2) is 0 Å². The first kappa shape index (κ1) is 15.3.